The van der Waals surface area contributed by atoms with Gasteiger partial charge in [0.2, 0.25) is 0 Å². The summed E-state index contributed by atoms with van der Waals surface area (Å²) in [5, 5.41) is -2.50. The Morgan fingerprint density at radius 1 is 0.205 bits per heavy atom. The Kier molecular flexibility index (Phi) is 8.40. The second kappa shape index (κ2) is 8.82. The van der Waals surface area contributed by atoms with Gasteiger partial charge in [-0.25, -0.2) is 0 Å². The fourth-order valence-corrected chi connectivity index (χ4v) is 1.89. The quantitative estimate of drug-likeness (QED) is 0.187. The Morgan fingerprint density at radius 2 is 0.359 bits per heavy atom. The van der Waals surface area contributed by atoms with E-state index in [1.165, 1.54) is 0 Å². The van der Waals surface area contributed by atoms with E-state index in [2.05, 4.69) is 0 Å². The first kappa shape index (κ1) is 37.1. The summed E-state index contributed by atoms with van der Waals surface area (Å²) in [6.07, 6.45) is -16.1. The van der Waals surface area contributed by atoms with Crippen LogP contribution in [0.3, 0.4) is 0 Å². The molecule has 0 aromatic rings. The normalized spacial score (nSPS) is 17.1. The van der Waals surface area contributed by atoms with Crippen molar-refractivity contribution in [2.75, 3.05) is 0 Å². The minimum atomic E-state index is -9.03. The van der Waals surface area contributed by atoms with Gasteiger partial charge in [0.15, 0.2) is 0 Å². The molecule has 0 radical (unpaired) electrons. The zero-order valence-electron chi connectivity index (χ0n) is 16.3. The van der Waals surface area contributed by atoms with Gasteiger partial charge in [0.1, 0.15) is 0 Å². The Morgan fingerprint density at radius 3 is 0.513 bits per heavy atom. The van der Waals surface area contributed by atoms with Gasteiger partial charge < -0.3 is 0 Å². The molecule has 27 heteroatoms. The van der Waals surface area contributed by atoms with Gasteiger partial charge in [-0.2, -0.15) is 119 Å². The van der Waals surface area contributed by atoms with E-state index in [4.69, 9.17) is 0 Å². The van der Waals surface area contributed by atoms with E-state index < -0.39 is 77.1 Å². The Hall–Kier alpha value is -1.86. The fraction of sp³-hybridized carbons (Fsp3) is 1.00. The minimum absolute atomic E-state index is 2.50. The van der Waals surface area contributed by atoms with Crippen LogP contribution in [0.15, 0.2) is 0 Å². The van der Waals surface area contributed by atoms with Gasteiger partial charge >= 0.3 is 71.8 Å². The summed E-state index contributed by atoms with van der Waals surface area (Å²) >= 11 is 0. The molecule has 0 amide bonds. The van der Waals surface area contributed by atoms with Gasteiger partial charge in [-0.15, -0.1) is 0 Å². The van der Waals surface area contributed by atoms with Crippen LogP contribution in [0, 0.1) is 0 Å². The molecular weight excluding hydrogens is 652 g/mol. The molecule has 0 fully saturated rings. The Labute approximate surface area is 193 Å². The molecule has 0 aliphatic heterocycles. The van der Waals surface area contributed by atoms with Crippen molar-refractivity contribution in [1.82, 2.24) is 5.32 Å². The molecule has 0 aliphatic carbocycles. The van der Waals surface area contributed by atoms with Crippen LogP contribution in [0.4, 0.5) is 114 Å². The SMILES string of the molecule is FC(F)(F)C(F)(F)C(F)(F)C(F)(F)C(F)(F)C(F)(F)NC(F)(F)C(F)(F)C(F)(F)C(F)(F)C(F)(F)C(F)(F)F. The van der Waals surface area contributed by atoms with E-state index in [-0.39, 0.29) is 0 Å². The van der Waals surface area contributed by atoms with Crippen LogP contribution in [0.2, 0.25) is 0 Å². The molecular formula is C12HF26N. The molecule has 0 saturated carbocycles. The van der Waals surface area contributed by atoms with Gasteiger partial charge in [-0.1, -0.05) is 0 Å². The summed E-state index contributed by atoms with van der Waals surface area (Å²) in [5.74, 6) is -70.8. The van der Waals surface area contributed by atoms with Crippen molar-refractivity contribution < 1.29 is 114 Å². The topological polar surface area (TPSA) is 12.0 Å². The molecule has 1 nitrogen and oxygen atoms in total. The molecule has 0 aromatic carbocycles. The van der Waals surface area contributed by atoms with Gasteiger partial charge in [0.05, 0.1) is 0 Å². The average Bonchev–Trinajstić information content (AvgIpc) is 2.63. The molecule has 236 valence electrons. The summed E-state index contributed by atoms with van der Waals surface area (Å²) < 4.78 is 332. The number of rotatable bonds is 10. The van der Waals surface area contributed by atoms with Crippen LogP contribution in [-0.4, -0.2) is 71.8 Å². The van der Waals surface area contributed by atoms with Crippen LogP contribution in [0.5, 0.6) is 0 Å². The van der Waals surface area contributed by atoms with Crippen LogP contribution < -0.4 is 5.32 Å². The highest BCUT2D eigenvalue weighted by Crippen LogP contribution is 2.62. The highest BCUT2D eigenvalue weighted by molar-refractivity contribution is 5.13. The Bertz CT molecular complexity index is 814. The second-order valence-electron chi connectivity index (χ2n) is 6.86. The van der Waals surface area contributed by atoms with Gasteiger partial charge in [0, 0.05) is 0 Å². The molecule has 0 saturated heterocycles. The van der Waals surface area contributed by atoms with E-state index in [1.807, 2.05) is 0 Å². The van der Waals surface area contributed by atoms with Crippen LogP contribution in [0.1, 0.15) is 0 Å². The van der Waals surface area contributed by atoms with Crippen molar-refractivity contribution >= 4 is 0 Å². The summed E-state index contributed by atoms with van der Waals surface area (Å²) in [5.41, 5.74) is 0. The number of halogens is 26. The molecule has 0 heterocycles. The molecule has 1 N–H and O–H groups in total. The molecule has 0 unspecified atom stereocenters. The lowest BCUT2D eigenvalue weighted by Gasteiger charge is -2.43. The lowest BCUT2D eigenvalue weighted by Crippen LogP contribution is -2.77. The van der Waals surface area contributed by atoms with E-state index in [0.29, 0.717) is 0 Å². The second-order valence-corrected chi connectivity index (χ2v) is 6.86. The standard InChI is InChI=1S/C12HF26N/c13-1(14,5(21,22)9(29,30)31)3(17,18)7(25,26)11(35,36)39-12(37,38)8(27,28)4(19,20)2(15,16)6(23,24)10(32,33)34/h39H. The Balaban J connectivity index is 6.90. The van der Waals surface area contributed by atoms with Crippen molar-refractivity contribution in [3.63, 3.8) is 0 Å². The highest BCUT2D eigenvalue weighted by Gasteiger charge is 2.94. The molecule has 0 bridgehead atoms. The maximum Gasteiger partial charge on any atom is 0.460 e. The third-order valence-electron chi connectivity index (χ3n) is 4.18. The van der Waals surface area contributed by atoms with Crippen molar-refractivity contribution in [2.45, 2.75) is 71.8 Å². The van der Waals surface area contributed by atoms with Crippen LogP contribution in [0.25, 0.3) is 0 Å². The molecule has 0 spiro atoms. The molecule has 0 aliphatic rings. The van der Waals surface area contributed by atoms with Gasteiger partial charge in [-0.3, -0.25) is 0 Å². The fourth-order valence-electron chi connectivity index (χ4n) is 1.89. The third-order valence-corrected chi connectivity index (χ3v) is 4.18. The zero-order valence-corrected chi connectivity index (χ0v) is 16.3. The lowest BCUT2D eigenvalue weighted by atomic mass is 9.94. The largest absolute Gasteiger partial charge is 0.460 e. The van der Waals surface area contributed by atoms with Gasteiger partial charge in [0.25, 0.3) is 0 Å². The molecule has 0 rings (SSSR count). The minimum Gasteiger partial charge on any atom is -0.192 e. The van der Waals surface area contributed by atoms with Crippen molar-refractivity contribution in [2.24, 2.45) is 0 Å². The summed E-state index contributed by atoms with van der Waals surface area (Å²) in [6, 6.07) is -17.2. The first-order valence-corrected chi connectivity index (χ1v) is 7.91. The number of alkyl halides is 26. The molecule has 0 atom stereocenters. The predicted molar refractivity (Wildman–Crippen MR) is 64.7 cm³/mol. The van der Waals surface area contributed by atoms with Crippen LogP contribution >= 0.6 is 0 Å². The van der Waals surface area contributed by atoms with Crippen molar-refractivity contribution in [3.05, 3.63) is 0 Å². The smallest absolute Gasteiger partial charge is 0.192 e. The number of nitrogens with one attached hydrogen (secondary N) is 1. The first-order chi connectivity index (χ1) is 16.2. The monoisotopic (exact) mass is 653 g/mol. The first-order valence-electron chi connectivity index (χ1n) is 7.91. The zero-order chi connectivity index (χ0) is 32.7. The van der Waals surface area contributed by atoms with Crippen molar-refractivity contribution in [1.29, 1.82) is 0 Å². The third kappa shape index (κ3) is 4.75. The van der Waals surface area contributed by atoms with E-state index in [0.717, 1.165) is 0 Å². The van der Waals surface area contributed by atoms with E-state index in [1.54, 1.807) is 0 Å². The summed E-state index contributed by atoms with van der Waals surface area (Å²) in [4.78, 5) is 0. The molecule has 0 aromatic heterocycles. The summed E-state index contributed by atoms with van der Waals surface area (Å²) in [6.45, 7) is 0. The maximum atomic E-state index is 13.3. The maximum absolute atomic E-state index is 13.3. The van der Waals surface area contributed by atoms with E-state index in [9.17, 15) is 114 Å². The summed E-state index contributed by atoms with van der Waals surface area (Å²) in [7, 11) is 0. The lowest BCUT2D eigenvalue weighted by molar-refractivity contribution is -0.459. The molecule has 39 heavy (non-hydrogen) atoms. The predicted octanol–water partition coefficient (Wildman–Crippen LogP) is 7.97. The number of hydrogen-bond donors (Lipinski definition) is 1. The van der Waals surface area contributed by atoms with Gasteiger partial charge in [-0.05, 0) is 0 Å². The van der Waals surface area contributed by atoms with Crippen LogP contribution in [-0.2, 0) is 0 Å². The van der Waals surface area contributed by atoms with E-state index >= 15 is 0 Å². The van der Waals surface area contributed by atoms with Crippen molar-refractivity contribution in [3.8, 4) is 0 Å². The number of hydrogen-bond acceptors (Lipinski definition) is 1. The average molecular weight is 653 g/mol. The highest BCUT2D eigenvalue weighted by atomic mass is 19.4.